The molecule has 3 nitrogen and oxygen atoms in total. The van der Waals surface area contributed by atoms with Gasteiger partial charge in [-0.1, -0.05) is 0 Å². The van der Waals surface area contributed by atoms with E-state index in [2.05, 4.69) is 43.5 Å². The molecule has 1 heterocycles. The summed E-state index contributed by atoms with van der Waals surface area (Å²) >= 11 is 5.69. The zero-order chi connectivity index (χ0) is 11.7. The molecule has 0 unspecified atom stereocenters. The molecule has 0 spiro atoms. The van der Waals surface area contributed by atoms with Crippen LogP contribution in [0.15, 0.2) is 22.7 Å². The van der Waals surface area contributed by atoms with Crippen LogP contribution in [0.1, 0.15) is 17.4 Å². The molecule has 0 radical (unpaired) electrons. The minimum atomic E-state index is -0.315. The first-order valence-corrected chi connectivity index (χ1v) is 6.64. The number of H-pyrrole nitrogens is 1. The van der Waals surface area contributed by atoms with E-state index in [0.29, 0.717) is 12.3 Å². The maximum atomic E-state index is 11.5. The highest BCUT2D eigenvalue weighted by atomic mass is 127. The first-order valence-electron chi connectivity index (χ1n) is 4.76. The van der Waals surface area contributed by atoms with Gasteiger partial charge in [0.05, 0.1) is 6.61 Å². The summed E-state index contributed by atoms with van der Waals surface area (Å²) in [6.45, 7) is 2.18. The lowest BCUT2D eigenvalue weighted by Crippen LogP contribution is -2.04. The van der Waals surface area contributed by atoms with Crippen LogP contribution >= 0.6 is 38.5 Å². The second kappa shape index (κ2) is 4.75. The fourth-order valence-corrected chi connectivity index (χ4v) is 2.27. The Hall–Kier alpha value is -0.560. The molecule has 0 aliphatic heterocycles. The third-order valence-electron chi connectivity index (χ3n) is 2.16. The van der Waals surface area contributed by atoms with E-state index in [1.807, 2.05) is 12.1 Å². The van der Waals surface area contributed by atoms with Crippen molar-refractivity contribution in [3.05, 3.63) is 31.9 Å². The Bertz CT molecular complexity index is 511. The third-order valence-corrected chi connectivity index (χ3v) is 4.45. The van der Waals surface area contributed by atoms with Crippen LogP contribution in [-0.4, -0.2) is 17.6 Å². The van der Waals surface area contributed by atoms with E-state index < -0.39 is 0 Å². The number of carbonyl (C=O) groups is 1. The molecule has 0 atom stereocenters. The number of aromatic nitrogens is 1. The Labute approximate surface area is 115 Å². The van der Waals surface area contributed by atoms with Crippen LogP contribution in [-0.2, 0) is 4.74 Å². The van der Waals surface area contributed by atoms with Gasteiger partial charge in [0, 0.05) is 18.9 Å². The van der Waals surface area contributed by atoms with Crippen LogP contribution in [0.25, 0.3) is 10.9 Å². The summed E-state index contributed by atoms with van der Waals surface area (Å²) in [6, 6.07) is 5.77. The van der Waals surface area contributed by atoms with Crippen molar-refractivity contribution in [1.29, 1.82) is 0 Å². The molecule has 84 valence electrons. The Morgan fingerprint density at radius 2 is 2.25 bits per heavy atom. The standard InChI is InChI=1S/C11H9BrINO2/c1-2-16-11(15)10-4-6-3-7(12)8(13)5-9(6)14-10/h3-5,14H,2H2,1H3. The Morgan fingerprint density at radius 1 is 1.50 bits per heavy atom. The van der Waals surface area contributed by atoms with Crippen molar-refractivity contribution >= 4 is 55.4 Å². The van der Waals surface area contributed by atoms with Crippen molar-refractivity contribution in [2.45, 2.75) is 6.92 Å². The predicted octanol–water partition coefficient (Wildman–Crippen LogP) is 3.71. The maximum Gasteiger partial charge on any atom is 0.354 e. The molecule has 1 aromatic heterocycles. The quantitative estimate of drug-likeness (QED) is 0.624. The fraction of sp³-hybridized carbons (Fsp3) is 0.182. The number of nitrogens with one attached hydrogen (secondary N) is 1. The Balaban J connectivity index is 2.48. The van der Waals surface area contributed by atoms with Crippen molar-refractivity contribution in [3.8, 4) is 0 Å². The van der Waals surface area contributed by atoms with Gasteiger partial charge in [0.15, 0.2) is 0 Å². The van der Waals surface area contributed by atoms with Crippen LogP contribution in [0.3, 0.4) is 0 Å². The summed E-state index contributed by atoms with van der Waals surface area (Å²) in [4.78, 5) is 14.6. The Morgan fingerprint density at radius 3 is 2.94 bits per heavy atom. The van der Waals surface area contributed by atoms with Gasteiger partial charge >= 0.3 is 5.97 Å². The summed E-state index contributed by atoms with van der Waals surface area (Å²) in [6.07, 6.45) is 0. The van der Waals surface area contributed by atoms with Gasteiger partial charge in [-0.2, -0.15) is 0 Å². The second-order valence-electron chi connectivity index (χ2n) is 3.26. The van der Waals surface area contributed by atoms with Crippen LogP contribution < -0.4 is 0 Å². The predicted molar refractivity (Wildman–Crippen MR) is 74.7 cm³/mol. The summed E-state index contributed by atoms with van der Waals surface area (Å²) < 4.78 is 7.06. The minimum absolute atomic E-state index is 0.315. The van der Waals surface area contributed by atoms with Crippen molar-refractivity contribution < 1.29 is 9.53 Å². The van der Waals surface area contributed by atoms with Crippen LogP contribution in [0.5, 0.6) is 0 Å². The van der Waals surface area contributed by atoms with E-state index in [1.54, 1.807) is 13.0 Å². The average Bonchev–Trinajstić information content (AvgIpc) is 2.62. The van der Waals surface area contributed by atoms with Gasteiger partial charge in [-0.05, 0) is 63.6 Å². The molecule has 0 aliphatic carbocycles. The molecule has 0 bridgehead atoms. The zero-order valence-electron chi connectivity index (χ0n) is 8.51. The Kier molecular flexibility index (Phi) is 3.53. The van der Waals surface area contributed by atoms with E-state index >= 15 is 0 Å². The van der Waals surface area contributed by atoms with Gasteiger partial charge in [-0.15, -0.1) is 0 Å². The lowest BCUT2D eigenvalue weighted by molar-refractivity contribution is 0.0520. The number of halogens is 2. The summed E-state index contributed by atoms with van der Waals surface area (Å²) in [5.41, 5.74) is 1.43. The minimum Gasteiger partial charge on any atom is -0.461 e. The maximum absolute atomic E-state index is 11.5. The van der Waals surface area contributed by atoms with Gasteiger partial charge in [-0.25, -0.2) is 4.79 Å². The average molecular weight is 394 g/mol. The SMILES string of the molecule is CCOC(=O)c1cc2cc(Br)c(I)cc2[nH]1. The normalized spacial score (nSPS) is 10.7. The first kappa shape index (κ1) is 11.9. The largest absolute Gasteiger partial charge is 0.461 e. The lowest BCUT2D eigenvalue weighted by atomic mass is 10.2. The molecule has 0 fully saturated rings. The van der Waals surface area contributed by atoms with E-state index in [-0.39, 0.29) is 5.97 Å². The third kappa shape index (κ3) is 2.24. The number of aromatic amines is 1. The smallest absolute Gasteiger partial charge is 0.354 e. The highest BCUT2D eigenvalue weighted by Gasteiger charge is 2.11. The van der Waals surface area contributed by atoms with Gasteiger partial charge < -0.3 is 9.72 Å². The number of carbonyl (C=O) groups excluding carboxylic acids is 1. The summed E-state index contributed by atoms with van der Waals surface area (Å²) in [7, 11) is 0. The molecule has 2 rings (SSSR count). The molecule has 1 aromatic carbocycles. The highest BCUT2D eigenvalue weighted by Crippen LogP contribution is 2.26. The molecular formula is C11H9BrINO2. The number of benzene rings is 1. The molecule has 0 aliphatic rings. The van der Waals surface area contributed by atoms with Gasteiger partial charge in [-0.3, -0.25) is 0 Å². The van der Waals surface area contributed by atoms with E-state index in [1.165, 1.54) is 0 Å². The molecule has 16 heavy (non-hydrogen) atoms. The number of esters is 1. The number of rotatable bonds is 2. The van der Waals surface area contributed by atoms with E-state index in [0.717, 1.165) is 18.9 Å². The number of fused-ring (bicyclic) bond motifs is 1. The van der Waals surface area contributed by atoms with Gasteiger partial charge in [0.2, 0.25) is 0 Å². The molecule has 0 saturated carbocycles. The zero-order valence-corrected chi connectivity index (χ0v) is 12.3. The monoisotopic (exact) mass is 393 g/mol. The van der Waals surface area contributed by atoms with Crippen LogP contribution in [0, 0.1) is 3.57 Å². The molecular weight excluding hydrogens is 385 g/mol. The lowest BCUT2D eigenvalue weighted by Gasteiger charge is -1.97. The van der Waals surface area contributed by atoms with Crippen LogP contribution in [0.4, 0.5) is 0 Å². The fourth-order valence-electron chi connectivity index (χ4n) is 1.45. The molecule has 0 saturated heterocycles. The number of hydrogen-bond acceptors (Lipinski definition) is 2. The highest BCUT2D eigenvalue weighted by molar-refractivity contribution is 14.1. The van der Waals surface area contributed by atoms with Crippen molar-refractivity contribution in [3.63, 3.8) is 0 Å². The summed E-state index contributed by atoms with van der Waals surface area (Å²) in [5, 5.41) is 0.996. The van der Waals surface area contributed by atoms with Crippen molar-refractivity contribution in [2.24, 2.45) is 0 Å². The van der Waals surface area contributed by atoms with Crippen LogP contribution in [0.2, 0.25) is 0 Å². The molecule has 1 N–H and O–H groups in total. The van der Waals surface area contributed by atoms with Gasteiger partial charge in [0.25, 0.3) is 0 Å². The second-order valence-corrected chi connectivity index (χ2v) is 5.27. The molecule has 5 heteroatoms. The topological polar surface area (TPSA) is 42.1 Å². The van der Waals surface area contributed by atoms with Crippen molar-refractivity contribution in [1.82, 2.24) is 4.98 Å². The first-order chi connectivity index (χ1) is 7.61. The number of hydrogen-bond donors (Lipinski definition) is 1. The molecule has 0 amide bonds. The van der Waals surface area contributed by atoms with E-state index in [9.17, 15) is 4.79 Å². The number of ether oxygens (including phenoxy) is 1. The molecule has 2 aromatic rings. The van der Waals surface area contributed by atoms with Crippen molar-refractivity contribution in [2.75, 3.05) is 6.61 Å². The summed E-state index contributed by atoms with van der Waals surface area (Å²) in [5.74, 6) is -0.315. The van der Waals surface area contributed by atoms with Gasteiger partial charge in [0.1, 0.15) is 5.69 Å². The van der Waals surface area contributed by atoms with E-state index in [4.69, 9.17) is 4.74 Å².